The van der Waals surface area contributed by atoms with E-state index in [0.29, 0.717) is 13.0 Å². The summed E-state index contributed by atoms with van der Waals surface area (Å²) in [7, 11) is 0. The Hall–Kier alpha value is -3.70. The summed E-state index contributed by atoms with van der Waals surface area (Å²) in [6.07, 6.45) is 2.29. The summed E-state index contributed by atoms with van der Waals surface area (Å²) >= 11 is 0. The number of phenols is 1. The van der Waals surface area contributed by atoms with Gasteiger partial charge < -0.3 is 24.8 Å². The number of fused-ring (bicyclic) bond motifs is 1. The van der Waals surface area contributed by atoms with E-state index in [0.717, 1.165) is 49.8 Å². The number of nitriles is 1. The lowest BCUT2D eigenvalue weighted by Gasteiger charge is -2.34. The SMILES string of the molecule is N#C/C(=C/N1CCN(Cc2ccc3c(c2)OCO3)CC1)C(=O)NCCc1ccc(O)cc1. The number of piperazine rings is 1. The molecule has 0 bridgehead atoms. The normalized spacial score (nSPS) is 16.0. The lowest BCUT2D eigenvalue weighted by Crippen LogP contribution is -2.44. The van der Waals surface area contributed by atoms with E-state index in [1.807, 2.05) is 35.2 Å². The maximum absolute atomic E-state index is 12.4. The van der Waals surface area contributed by atoms with Crippen LogP contribution in [0.25, 0.3) is 0 Å². The first-order valence-electron chi connectivity index (χ1n) is 10.6. The van der Waals surface area contributed by atoms with Crippen molar-refractivity contribution in [3.63, 3.8) is 0 Å². The summed E-state index contributed by atoms with van der Waals surface area (Å²) in [6, 6.07) is 14.9. The largest absolute Gasteiger partial charge is 0.508 e. The molecule has 0 spiro atoms. The molecule has 0 atom stereocenters. The van der Waals surface area contributed by atoms with Crippen LogP contribution in [0.4, 0.5) is 0 Å². The van der Waals surface area contributed by atoms with Crippen molar-refractivity contribution in [2.45, 2.75) is 13.0 Å². The minimum absolute atomic E-state index is 0.111. The molecule has 2 aromatic rings. The quantitative estimate of drug-likeness (QED) is 0.508. The molecular weight excluding hydrogens is 408 g/mol. The van der Waals surface area contributed by atoms with Crippen molar-refractivity contribution in [3.05, 3.63) is 65.4 Å². The second-order valence-corrected chi connectivity index (χ2v) is 7.83. The fourth-order valence-electron chi connectivity index (χ4n) is 3.75. The predicted molar refractivity (Wildman–Crippen MR) is 118 cm³/mol. The molecule has 4 rings (SSSR count). The molecule has 0 saturated carbocycles. The molecule has 2 aliphatic heterocycles. The highest BCUT2D eigenvalue weighted by atomic mass is 16.7. The summed E-state index contributed by atoms with van der Waals surface area (Å²) in [5, 5.41) is 21.6. The van der Waals surface area contributed by atoms with Gasteiger partial charge in [0.15, 0.2) is 11.5 Å². The minimum Gasteiger partial charge on any atom is -0.508 e. The number of nitrogens with zero attached hydrogens (tertiary/aromatic N) is 3. The Morgan fingerprint density at radius 3 is 2.53 bits per heavy atom. The van der Waals surface area contributed by atoms with Gasteiger partial charge in [0.1, 0.15) is 17.4 Å². The maximum atomic E-state index is 12.4. The summed E-state index contributed by atoms with van der Waals surface area (Å²) in [5.74, 6) is 1.42. The number of phenolic OH excluding ortho intramolecular Hbond substituents is 1. The Kier molecular flexibility index (Phi) is 6.78. The van der Waals surface area contributed by atoms with Crippen molar-refractivity contribution in [2.75, 3.05) is 39.5 Å². The molecule has 1 saturated heterocycles. The van der Waals surface area contributed by atoms with Crippen LogP contribution in [0.15, 0.2) is 54.2 Å². The van der Waals surface area contributed by atoms with E-state index in [4.69, 9.17) is 9.47 Å². The molecule has 0 aliphatic carbocycles. The van der Waals surface area contributed by atoms with E-state index < -0.39 is 0 Å². The van der Waals surface area contributed by atoms with Crippen LogP contribution >= 0.6 is 0 Å². The molecule has 0 radical (unpaired) electrons. The van der Waals surface area contributed by atoms with Crippen LogP contribution in [-0.4, -0.2) is 60.3 Å². The van der Waals surface area contributed by atoms with Crippen LogP contribution in [0.1, 0.15) is 11.1 Å². The van der Waals surface area contributed by atoms with Crippen LogP contribution < -0.4 is 14.8 Å². The Morgan fingerprint density at radius 2 is 1.78 bits per heavy atom. The van der Waals surface area contributed by atoms with Gasteiger partial charge in [-0.2, -0.15) is 5.26 Å². The highest BCUT2D eigenvalue weighted by Gasteiger charge is 2.19. The molecule has 8 nitrogen and oxygen atoms in total. The number of ether oxygens (including phenoxy) is 2. The van der Waals surface area contributed by atoms with Crippen LogP contribution in [0.2, 0.25) is 0 Å². The summed E-state index contributed by atoms with van der Waals surface area (Å²) < 4.78 is 10.8. The van der Waals surface area contributed by atoms with Crippen LogP contribution in [0, 0.1) is 11.3 Å². The summed E-state index contributed by atoms with van der Waals surface area (Å²) in [6.45, 7) is 4.68. The van der Waals surface area contributed by atoms with Gasteiger partial charge in [-0.15, -0.1) is 0 Å². The molecule has 2 aromatic carbocycles. The third kappa shape index (κ3) is 5.50. The Balaban J connectivity index is 1.23. The van der Waals surface area contributed by atoms with Gasteiger partial charge in [-0.1, -0.05) is 18.2 Å². The van der Waals surface area contributed by atoms with Gasteiger partial charge >= 0.3 is 0 Å². The first kappa shape index (κ1) is 21.5. The predicted octanol–water partition coefficient (Wildman–Crippen LogP) is 2.00. The van der Waals surface area contributed by atoms with Gasteiger partial charge in [-0.05, 0) is 41.8 Å². The smallest absolute Gasteiger partial charge is 0.263 e. The number of hydrogen-bond donors (Lipinski definition) is 2. The first-order chi connectivity index (χ1) is 15.6. The van der Waals surface area contributed by atoms with Gasteiger partial charge in [0.2, 0.25) is 6.79 Å². The highest BCUT2D eigenvalue weighted by molar-refractivity contribution is 5.97. The fraction of sp³-hybridized carbons (Fsp3) is 0.333. The maximum Gasteiger partial charge on any atom is 0.263 e. The van der Waals surface area contributed by atoms with Gasteiger partial charge in [-0.3, -0.25) is 9.69 Å². The average Bonchev–Trinajstić information content (AvgIpc) is 3.28. The van der Waals surface area contributed by atoms with Crippen molar-refractivity contribution < 1.29 is 19.4 Å². The zero-order valence-corrected chi connectivity index (χ0v) is 17.8. The molecule has 0 aromatic heterocycles. The van der Waals surface area contributed by atoms with E-state index in [9.17, 15) is 15.2 Å². The number of carbonyl (C=O) groups is 1. The summed E-state index contributed by atoms with van der Waals surface area (Å²) in [5.41, 5.74) is 2.29. The highest BCUT2D eigenvalue weighted by Crippen LogP contribution is 2.32. The standard InChI is InChI=1S/C24H26N4O4/c25-14-20(24(30)26-8-7-18-1-4-21(29)5-2-18)16-28-11-9-27(10-12-28)15-19-3-6-22-23(13-19)32-17-31-22/h1-6,13,16,29H,7-12,15,17H2,(H,26,30)/b20-16-. The number of nitrogens with one attached hydrogen (secondary N) is 1. The summed E-state index contributed by atoms with van der Waals surface area (Å²) in [4.78, 5) is 16.8. The van der Waals surface area contributed by atoms with Crippen molar-refractivity contribution in [1.82, 2.24) is 15.1 Å². The van der Waals surface area contributed by atoms with Gasteiger partial charge in [0.25, 0.3) is 5.91 Å². The van der Waals surface area contributed by atoms with Crippen LogP contribution in [0.3, 0.4) is 0 Å². The van der Waals surface area contributed by atoms with Gasteiger partial charge in [0, 0.05) is 45.5 Å². The van der Waals surface area contributed by atoms with E-state index in [-0.39, 0.29) is 24.0 Å². The minimum atomic E-state index is -0.367. The fourth-order valence-corrected chi connectivity index (χ4v) is 3.75. The van der Waals surface area contributed by atoms with Crippen molar-refractivity contribution in [2.24, 2.45) is 0 Å². The molecule has 166 valence electrons. The lowest BCUT2D eigenvalue weighted by atomic mass is 10.1. The van der Waals surface area contributed by atoms with Crippen molar-refractivity contribution >= 4 is 5.91 Å². The second-order valence-electron chi connectivity index (χ2n) is 7.83. The Bertz CT molecular complexity index is 1020. The van der Waals surface area contributed by atoms with E-state index in [1.54, 1.807) is 18.3 Å². The molecule has 2 heterocycles. The molecule has 1 amide bonds. The molecule has 32 heavy (non-hydrogen) atoms. The number of amides is 1. The molecule has 1 fully saturated rings. The Morgan fingerprint density at radius 1 is 1.06 bits per heavy atom. The number of aromatic hydroxyl groups is 1. The van der Waals surface area contributed by atoms with E-state index >= 15 is 0 Å². The van der Waals surface area contributed by atoms with E-state index in [2.05, 4.69) is 16.3 Å². The van der Waals surface area contributed by atoms with Gasteiger partial charge in [-0.25, -0.2) is 0 Å². The molecule has 8 heteroatoms. The number of benzene rings is 2. The third-order valence-corrected chi connectivity index (χ3v) is 5.56. The van der Waals surface area contributed by atoms with Crippen molar-refractivity contribution in [3.8, 4) is 23.3 Å². The van der Waals surface area contributed by atoms with Crippen LogP contribution in [-0.2, 0) is 17.8 Å². The average molecular weight is 434 g/mol. The number of carbonyl (C=O) groups excluding carboxylic acids is 1. The molecule has 2 aliphatic rings. The lowest BCUT2D eigenvalue weighted by molar-refractivity contribution is -0.117. The first-order valence-corrected chi connectivity index (χ1v) is 10.6. The monoisotopic (exact) mass is 434 g/mol. The topological polar surface area (TPSA) is 98.1 Å². The zero-order valence-electron chi connectivity index (χ0n) is 17.8. The molecule has 0 unspecified atom stereocenters. The number of hydrogen-bond acceptors (Lipinski definition) is 7. The van der Waals surface area contributed by atoms with Crippen molar-refractivity contribution in [1.29, 1.82) is 5.26 Å². The molecule has 2 N–H and O–H groups in total. The third-order valence-electron chi connectivity index (χ3n) is 5.56. The number of rotatable bonds is 7. The zero-order chi connectivity index (χ0) is 22.3. The van der Waals surface area contributed by atoms with Gasteiger partial charge in [0.05, 0.1) is 0 Å². The van der Waals surface area contributed by atoms with E-state index in [1.165, 1.54) is 5.56 Å². The van der Waals surface area contributed by atoms with Crippen LogP contribution in [0.5, 0.6) is 17.2 Å². The Labute approximate surface area is 187 Å². The molecular formula is C24H26N4O4. The second kappa shape index (κ2) is 10.1.